The first-order valence-corrected chi connectivity index (χ1v) is 13.3. The summed E-state index contributed by atoms with van der Waals surface area (Å²) in [6.07, 6.45) is 6.50. The van der Waals surface area contributed by atoms with E-state index in [1.807, 2.05) is 19.9 Å². The average molecular weight is 471 g/mol. The fourth-order valence-corrected chi connectivity index (χ4v) is 7.61. The van der Waals surface area contributed by atoms with E-state index < -0.39 is 12.2 Å². The summed E-state index contributed by atoms with van der Waals surface area (Å²) in [7, 11) is 0. The molecule has 7 heteroatoms. The first-order chi connectivity index (χ1) is 16.4. The lowest BCUT2D eigenvalue weighted by Gasteiger charge is -2.59. The number of hydrogen-bond donors (Lipinski definition) is 3. The molecule has 1 unspecified atom stereocenters. The smallest absolute Gasteiger partial charge is 0.413 e. The Kier molecular flexibility index (Phi) is 5.58. The lowest BCUT2D eigenvalue weighted by atomic mass is 9.51. The van der Waals surface area contributed by atoms with Gasteiger partial charge in [0, 0.05) is 23.6 Å². The van der Waals surface area contributed by atoms with Gasteiger partial charge in [0.05, 0.1) is 18.8 Å². The zero-order chi connectivity index (χ0) is 23.6. The van der Waals surface area contributed by atoms with Crippen LogP contribution in [0.4, 0.5) is 4.79 Å². The summed E-state index contributed by atoms with van der Waals surface area (Å²) in [5.74, 6) is 2.47. The Morgan fingerprint density at radius 3 is 2.82 bits per heavy atom. The molecule has 0 aromatic heterocycles. The quantitative estimate of drug-likeness (QED) is 0.592. The summed E-state index contributed by atoms with van der Waals surface area (Å²) in [5, 5.41) is 23.4. The van der Waals surface area contributed by atoms with E-state index in [0.717, 1.165) is 38.1 Å². The minimum atomic E-state index is -0.582. The average Bonchev–Trinajstić information content (AvgIpc) is 3.13. The molecule has 6 atom stereocenters. The van der Waals surface area contributed by atoms with Crippen molar-refractivity contribution < 1.29 is 24.5 Å². The Morgan fingerprint density at radius 1 is 1.29 bits per heavy atom. The van der Waals surface area contributed by atoms with Gasteiger partial charge in [0.25, 0.3) is 0 Å². The number of likely N-dealkylation sites (tertiary alicyclic amines) is 1. The number of carbonyl (C=O) groups is 1. The molecule has 34 heavy (non-hydrogen) atoms. The lowest BCUT2D eigenvalue weighted by molar-refractivity contribution is -0.107. The van der Waals surface area contributed by atoms with Crippen LogP contribution in [0.25, 0.3) is 0 Å². The maximum absolute atomic E-state index is 12.7. The van der Waals surface area contributed by atoms with Crippen LogP contribution in [-0.2, 0) is 11.8 Å². The number of rotatable bonds is 6. The second-order valence-electron chi connectivity index (χ2n) is 11.6. The summed E-state index contributed by atoms with van der Waals surface area (Å²) < 4.78 is 12.3. The van der Waals surface area contributed by atoms with Crippen LogP contribution in [0.1, 0.15) is 63.5 Å². The highest BCUT2D eigenvalue weighted by atomic mass is 16.6. The van der Waals surface area contributed by atoms with Gasteiger partial charge in [-0.15, -0.1) is 0 Å². The number of aliphatic hydroxyl groups excluding tert-OH is 2. The van der Waals surface area contributed by atoms with E-state index in [0.29, 0.717) is 23.5 Å². The number of ether oxygens (including phenoxy) is 2. The molecule has 1 amide bonds. The molecule has 2 aliphatic heterocycles. The van der Waals surface area contributed by atoms with E-state index in [-0.39, 0.29) is 30.1 Å². The standard InChI is InChI=1S/C27H38N2O5/c1-15(2)19(14-30)28-26(32)33-22-9-6-17-12-20-18-7-8-21(31)25-27(18,23(17)24(22)34-25)10-11-29(20)13-16-4-3-5-16/h6,9,15-16,18-21,25,30-31H,3-5,7-8,10-14H2,1-2H3,(H,28,32)/t18?,19-,20-,21+,25+,27+/m1/s1. The molecule has 2 heterocycles. The molecular formula is C27H38N2O5. The number of benzene rings is 1. The topological polar surface area (TPSA) is 91.3 Å². The van der Waals surface area contributed by atoms with Gasteiger partial charge >= 0.3 is 6.09 Å². The van der Waals surface area contributed by atoms with Gasteiger partial charge in [0.15, 0.2) is 11.5 Å². The van der Waals surface area contributed by atoms with Crippen molar-refractivity contribution in [2.24, 2.45) is 17.8 Å². The Labute approximate surface area is 201 Å². The van der Waals surface area contributed by atoms with Gasteiger partial charge in [0.2, 0.25) is 0 Å². The molecule has 1 spiro atoms. The molecule has 3 fully saturated rings. The fraction of sp³-hybridized carbons (Fsp3) is 0.741. The highest BCUT2D eigenvalue weighted by Crippen LogP contribution is 2.64. The first kappa shape index (κ1) is 22.6. The lowest BCUT2D eigenvalue weighted by Crippen LogP contribution is -2.67. The van der Waals surface area contributed by atoms with Crippen LogP contribution in [0.15, 0.2) is 12.1 Å². The number of hydrogen-bond acceptors (Lipinski definition) is 6. The summed E-state index contributed by atoms with van der Waals surface area (Å²) in [6, 6.07) is 4.09. The number of carbonyl (C=O) groups excluding carboxylic acids is 1. The van der Waals surface area contributed by atoms with Crippen LogP contribution < -0.4 is 14.8 Å². The van der Waals surface area contributed by atoms with Gasteiger partial charge in [-0.1, -0.05) is 26.3 Å². The summed E-state index contributed by atoms with van der Waals surface area (Å²) >= 11 is 0. The molecular weight excluding hydrogens is 432 g/mol. The summed E-state index contributed by atoms with van der Waals surface area (Å²) in [5.41, 5.74) is 2.28. The zero-order valence-electron chi connectivity index (χ0n) is 20.3. The molecule has 2 bridgehead atoms. The molecule has 186 valence electrons. The van der Waals surface area contributed by atoms with Crippen LogP contribution >= 0.6 is 0 Å². The summed E-state index contributed by atoms with van der Waals surface area (Å²) in [6.45, 7) is 6.00. The highest BCUT2D eigenvalue weighted by Gasteiger charge is 2.65. The largest absolute Gasteiger partial charge is 0.483 e. The Bertz CT molecular complexity index is 963. The van der Waals surface area contributed by atoms with Gasteiger partial charge in [-0.2, -0.15) is 0 Å². The van der Waals surface area contributed by atoms with Crippen molar-refractivity contribution in [1.82, 2.24) is 10.2 Å². The second kappa shape index (κ2) is 8.38. The van der Waals surface area contributed by atoms with Crippen molar-refractivity contribution in [3.05, 3.63) is 23.3 Å². The maximum Gasteiger partial charge on any atom is 0.413 e. The monoisotopic (exact) mass is 470 g/mol. The Morgan fingerprint density at radius 2 is 2.12 bits per heavy atom. The van der Waals surface area contributed by atoms with Crippen molar-refractivity contribution in [1.29, 1.82) is 0 Å². The number of nitrogens with one attached hydrogen (secondary N) is 1. The van der Waals surface area contributed by atoms with Crippen LogP contribution in [0.3, 0.4) is 0 Å². The number of amides is 1. The van der Waals surface area contributed by atoms with Crippen molar-refractivity contribution >= 4 is 6.09 Å². The number of aliphatic hydroxyl groups is 2. The maximum atomic E-state index is 12.7. The second-order valence-corrected chi connectivity index (χ2v) is 11.6. The van der Waals surface area contributed by atoms with E-state index in [1.165, 1.54) is 36.9 Å². The molecule has 3 N–H and O–H groups in total. The SMILES string of the molecule is CC(C)[C@@H](CO)NC(=O)Oc1ccc2c3c1O[C@H]1[C@@H](O)CCC4[C@@H](C2)N(CC2CCC2)CC[C@@]341. The van der Waals surface area contributed by atoms with Gasteiger partial charge in [0.1, 0.15) is 6.10 Å². The third-order valence-corrected chi connectivity index (χ3v) is 9.61. The van der Waals surface area contributed by atoms with E-state index in [2.05, 4.69) is 16.3 Å². The molecule has 3 aliphatic carbocycles. The highest BCUT2D eigenvalue weighted by molar-refractivity contribution is 5.73. The summed E-state index contributed by atoms with van der Waals surface area (Å²) in [4.78, 5) is 15.4. The minimum Gasteiger partial charge on any atom is -0.483 e. The van der Waals surface area contributed by atoms with Crippen LogP contribution in [0.5, 0.6) is 11.5 Å². The van der Waals surface area contributed by atoms with Crippen LogP contribution in [0, 0.1) is 17.8 Å². The molecule has 1 aromatic rings. The molecule has 0 radical (unpaired) electrons. The predicted molar refractivity (Wildman–Crippen MR) is 127 cm³/mol. The van der Waals surface area contributed by atoms with Crippen molar-refractivity contribution in [3.8, 4) is 11.5 Å². The molecule has 2 saturated carbocycles. The van der Waals surface area contributed by atoms with Crippen LogP contribution in [-0.4, -0.2) is 65.2 Å². The first-order valence-electron chi connectivity index (χ1n) is 13.3. The Balaban J connectivity index is 1.33. The van der Waals surface area contributed by atoms with Crippen molar-refractivity contribution in [3.63, 3.8) is 0 Å². The fourth-order valence-electron chi connectivity index (χ4n) is 7.61. The molecule has 1 aromatic carbocycles. The normalized spacial score (nSPS) is 34.7. The molecule has 7 nitrogen and oxygen atoms in total. The van der Waals surface area contributed by atoms with E-state index in [1.54, 1.807) is 0 Å². The number of nitrogens with zero attached hydrogens (tertiary/aromatic N) is 1. The Hall–Kier alpha value is -1.83. The van der Waals surface area contributed by atoms with Gasteiger partial charge in [-0.3, -0.25) is 4.90 Å². The predicted octanol–water partition coefficient (Wildman–Crippen LogP) is 2.99. The van der Waals surface area contributed by atoms with Crippen LogP contribution in [0.2, 0.25) is 0 Å². The van der Waals surface area contributed by atoms with E-state index in [9.17, 15) is 15.0 Å². The molecule has 1 saturated heterocycles. The zero-order valence-corrected chi connectivity index (χ0v) is 20.3. The minimum absolute atomic E-state index is 0.0900. The molecule has 6 rings (SSSR count). The third-order valence-electron chi connectivity index (χ3n) is 9.61. The van der Waals surface area contributed by atoms with Crippen molar-refractivity contribution in [2.45, 2.75) is 88.5 Å². The third kappa shape index (κ3) is 3.30. The van der Waals surface area contributed by atoms with E-state index >= 15 is 0 Å². The number of piperidine rings is 1. The van der Waals surface area contributed by atoms with Gasteiger partial charge in [-0.05, 0) is 74.5 Å². The van der Waals surface area contributed by atoms with E-state index in [4.69, 9.17) is 9.47 Å². The molecule has 5 aliphatic rings. The van der Waals surface area contributed by atoms with Gasteiger partial charge in [-0.25, -0.2) is 4.79 Å². The van der Waals surface area contributed by atoms with Gasteiger partial charge < -0.3 is 25.0 Å². The van der Waals surface area contributed by atoms with Crippen molar-refractivity contribution in [2.75, 3.05) is 19.7 Å².